The van der Waals surface area contributed by atoms with Gasteiger partial charge in [-0.3, -0.25) is 0 Å². The predicted molar refractivity (Wildman–Crippen MR) is 80.2 cm³/mol. The molecule has 1 N–H and O–H groups in total. The van der Waals surface area contributed by atoms with Crippen LogP contribution in [-0.4, -0.2) is 31.2 Å². The molecule has 0 atom stereocenters. The summed E-state index contributed by atoms with van der Waals surface area (Å²) in [7, 11) is 0. The summed E-state index contributed by atoms with van der Waals surface area (Å²) in [5.41, 5.74) is 0. The molecule has 0 aromatic carbocycles. The molecule has 0 bridgehead atoms. The number of aliphatic hydroxyl groups excluding tert-OH is 1. The van der Waals surface area contributed by atoms with E-state index >= 15 is 0 Å². The SMILES string of the molecule is CCOC(CCCCCCC/C=C/CCO)OCC. The highest BCUT2D eigenvalue weighted by atomic mass is 16.7. The Labute approximate surface area is 119 Å². The maximum atomic E-state index is 8.62. The molecule has 0 aliphatic heterocycles. The van der Waals surface area contributed by atoms with E-state index in [2.05, 4.69) is 12.2 Å². The zero-order chi connectivity index (χ0) is 14.2. The van der Waals surface area contributed by atoms with Crippen LogP contribution in [0.2, 0.25) is 0 Å². The van der Waals surface area contributed by atoms with Crippen molar-refractivity contribution in [1.29, 1.82) is 0 Å². The Morgan fingerprint density at radius 2 is 1.42 bits per heavy atom. The van der Waals surface area contributed by atoms with Crippen molar-refractivity contribution in [2.24, 2.45) is 0 Å². The molecule has 0 aliphatic rings. The van der Waals surface area contributed by atoms with Crippen LogP contribution in [0.15, 0.2) is 12.2 Å². The molecular formula is C16H32O3. The van der Waals surface area contributed by atoms with Gasteiger partial charge in [0.2, 0.25) is 0 Å². The molecule has 0 unspecified atom stereocenters. The molecule has 0 radical (unpaired) electrons. The van der Waals surface area contributed by atoms with Gasteiger partial charge in [-0.05, 0) is 46.0 Å². The molecule has 3 heteroatoms. The lowest BCUT2D eigenvalue weighted by Crippen LogP contribution is -2.17. The van der Waals surface area contributed by atoms with Crippen molar-refractivity contribution in [3.63, 3.8) is 0 Å². The molecule has 0 aromatic heterocycles. The van der Waals surface area contributed by atoms with Crippen molar-refractivity contribution in [3.05, 3.63) is 12.2 Å². The molecule has 0 spiro atoms. The molecule has 114 valence electrons. The Morgan fingerprint density at radius 3 is 2.05 bits per heavy atom. The number of unbranched alkanes of at least 4 members (excludes halogenated alkanes) is 5. The maximum absolute atomic E-state index is 8.62. The van der Waals surface area contributed by atoms with Gasteiger partial charge in [-0.15, -0.1) is 0 Å². The molecular weight excluding hydrogens is 240 g/mol. The fourth-order valence-corrected chi connectivity index (χ4v) is 2.00. The van der Waals surface area contributed by atoms with E-state index in [4.69, 9.17) is 14.6 Å². The second-order valence-corrected chi connectivity index (χ2v) is 4.67. The summed E-state index contributed by atoms with van der Waals surface area (Å²) in [6.07, 6.45) is 13.5. The summed E-state index contributed by atoms with van der Waals surface area (Å²) in [6.45, 7) is 5.74. The molecule has 19 heavy (non-hydrogen) atoms. The number of ether oxygens (including phenoxy) is 2. The van der Waals surface area contributed by atoms with Gasteiger partial charge in [0.25, 0.3) is 0 Å². The first kappa shape index (κ1) is 18.6. The third-order valence-corrected chi connectivity index (χ3v) is 2.98. The first-order valence-electron chi connectivity index (χ1n) is 7.84. The minimum Gasteiger partial charge on any atom is -0.396 e. The van der Waals surface area contributed by atoms with Crippen LogP contribution in [0.1, 0.15) is 65.2 Å². The molecule has 0 aromatic rings. The van der Waals surface area contributed by atoms with Gasteiger partial charge in [0.1, 0.15) is 0 Å². The van der Waals surface area contributed by atoms with Crippen LogP contribution in [0.5, 0.6) is 0 Å². The number of allylic oxidation sites excluding steroid dienone is 1. The minimum absolute atomic E-state index is 0.00332. The lowest BCUT2D eigenvalue weighted by atomic mass is 10.1. The van der Waals surface area contributed by atoms with Crippen LogP contribution in [0.25, 0.3) is 0 Å². The van der Waals surface area contributed by atoms with Crippen molar-refractivity contribution in [2.75, 3.05) is 19.8 Å². The normalized spacial score (nSPS) is 11.8. The zero-order valence-electron chi connectivity index (χ0n) is 12.8. The second kappa shape index (κ2) is 15.7. The Balaban J connectivity index is 3.28. The summed E-state index contributed by atoms with van der Waals surface area (Å²) in [4.78, 5) is 0. The largest absolute Gasteiger partial charge is 0.396 e. The maximum Gasteiger partial charge on any atom is 0.157 e. The standard InChI is InChI=1S/C16H32O3/c1-3-18-16(19-4-2)14-12-10-8-6-5-7-9-11-13-15-17/h9,11,16-17H,3-8,10,12-15H2,1-2H3/b11-9+. The zero-order valence-corrected chi connectivity index (χ0v) is 12.8. The average Bonchev–Trinajstić information content (AvgIpc) is 2.41. The topological polar surface area (TPSA) is 38.7 Å². The monoisotopic (exact) mass is 272 g/mol. The summed E-state index contributed by atoms with van der Waals surface area (Å²) < 4.78 is 11.0. The van der Waals surface area contributed by atoms with Gasteiger partial charge in [0.05, 0.1) is 0 Å². The molecule has 0 rings (SSSR count). The van der Waals surface area contributed by atoms with Crippen molar-refractivity contribution < 1.29 is 14.6 Å². The van der Waals surface area contributed by atoms with E-state index in [9.17, 15) is 0 Å². The Morgan fingerprint density at radius 1 is 0.842 bits per heavy atom. The van der Waals surface area contributed by atoms with Crippen LogP contribution >= 0.6 is 0 Å². The van der Waals surface area contributed by atoms with Crippen molar-refractivity contribution >= 4 is 0 Å². The van der Waals surface area contributed by atoms with Crippen LogP contribution in [-0.2, 0) is 9.47 Å². The van der Waals surface area contributed by atoms with E-state index in [0.717, 1.165) is 32.5 Å². The Hall–Kier alpha value is -0.380. The lowest BCUT2D eigenvalue weighted by molar-refractivity contribution is -0.140. The van der Waals surface area contributed by atoms with Crippen LogP contribution in [0, 0.1) is 0 Å². The number of rotatable bonds is 14. The van der Waals surface area contributed by atoms with Gasteiger partial charge in [0.15, 0.2) is 6.29 Å². The van der Waals surface area contributed by atoms with E-state index in [1.165, 1.54) is 32.1 Å². The van der Waals surface area contributed by atoms with Gasteiger partial charge in [-0.2, -0.15) is 0 Å². The highest BCUT2D eigenvalue weighted by Crippen LogP contribution is 2.11. The Bertz CT molecular complexity index is 186. The highest BCUT2D eigenvalue weighted by Gasteiger charge is 2.06. The van der Waals surface area contributed by atoms with Crippen LogP contribution in [0.4, 0.5) is 0 Å². The molecule has 0 saturated heterocycles. The minimum atomic E-state index is -0.00332. The fraction of sp³-hybridized carbons (Fsp3) is 0.875. The summed E-state index contributed by atoms with van der Waals surface area (Å²) in [6, 6.07) is 0. The number of hydrogen-bond donors (Lipinski definition) is 1. The van der Waals surface area contributed by atoms with Crippen molar-refractivity contribution in [3.8, 4) is 0 Å². The van der Waals surface area contributed by atoms with E-state index in [0.29, 0.717) is 0 Å². The molecule has 0 heterocycles. The molecule has 0 amide bonds. The van der Waals surface area contributed by atoms with E-state index < -0.39 is 0 Å². The first-order valence-corrected chi connectivity index (χ1v) is 7.84. The van der Waals surface area contributed by atoms with Gasteiger partial charge < -0.3 is 14.6 Å². The summed E-state index contributed by atoms with van der Waals surface area (Å²) in [5.74, 6) is 0. The Kier molecular flexibility index (Phi) is 15.4. The smallest absolute Gasteiger partial charge is 0.157 e. The fourth-order valence-electron chi connectivity index (χ4n) is 2.00. The van der Waals surface area contributed by atoms with Crippen molar-refractivity contribution in [2.45, 2.75) is 71.5 Å². The molecule has 3 nitrogen and oxygen atoms in total. The number of aliphatic hydroxyl groups is 1. The average molecular weight is 272 g/mol. The van der Waals surface area contributed by atoms with Gasteiger partial charge in [-0.1, -0.05) is 31.4 Å². The van der Waals surface area contributed by atoms with Gasteiger partial charge in [-0.25, -0.2) is 0 Å². The second-order valence-electron chi connectivity index (χ2n) is 4.67. The quantitative estimate of drug-likeness (QED) is 0.294. The molecule has 0 fully saturated rings. The van der Waals surface area contributed by atoms with Crippen LogP contribution < -0.4 is 0 Å². The molecule has 0 saturated carbocycles. The van der Waals surface area contributed by atoms with Crippen molar-refractivity contribution in [1.82, 2.24) is 0 Å². The third kappa shape index (κ3) is 13.8. The van der Waals surface area contributed by atoms with Crippen LogP contribution in [0.3, 0.4) is 0 Å². The number of hydrogen-bond acceptors (Lipinski definition) is 3. The lowest BCUT2D eigenvalue weighted by Gasteiger charge is -2.16. The van der Waals surface area contributed by atoms with Gasteiger partial charge in [0, 0.05) is 19.8 Å². The summed E-state index contributed by atoms with van der Waals surface area (Å²) in [5, 5.41) is 8.62. The van der Waals surface area contributed by atoms with E-state index in [-0.39, 0.29) is 12.9 Å². The molecule has 0 aliphatic carbocycles. The first-order chi connectivity index (χ1) is 9.35. The van der Waals surface area contributed by atoms with E-state index in [1.807, 2.05) is 13.8 Å². The third-order valence-electron chi connectivity index (χ3n) is 2.98. The highest BCUT2D eigenvalue weighted by molar-refractivity contribution is 4.80. The predicted octanol–water partition coefficient (Wildman–Crippen LogP) is 4.05. The van der Waals surface area contributed by atoms with Gasteiger partial charge >= 0.3 is 0 Å². The summed E-state index contributed by atoms with van der Waals surface area (Å²) >= 11 is 0. The van der Waals surface area contributed by atoms with E-state index in [1.54, 1.807) is 0 Å².